The molecule has 0 aromatic rings. The molecule has 0 aromatic carbocycles. The fraction of sp³-hybridized carbons (Fsp3) is 0.667. The fourth-order valence-electron chi connectivity index (χ4n) is 0.784. The third-order valence-electron chi connectivity index (χ3n) is 1.26. The molecular formula is C6H11NOPt. The van der Waals surface area contributed by atoms with Crippen LogP contribution in [-0.2, 0) is 21.1 Å². The number of hydrogen-bond donors (Lipinski definition) is 2. The molecule has 1 aliphatic rings. The second-order valence-electron chi connectivity index (χ2n) is 1.98. The first-order valence-electron chi connectivity index (χ1n) is 2.98. The van der Waals surface area contributed by atoms with Crippen LogP contribution in [0.15, 0.2) is 11.8 Å². The van der Waals surface area contributed by atoms with Crippen LogP contribution in [0.4, 0.5) is 0 Å². The molecule has 56 valence electrons. The molecule has 0 amide bonds. The molecule has 0 atom stereocenters. The summed E-state index contributed by atoms with van der Waals surface area (Å²) in [6.45, 7) is 1.92. The Kier molecular flexibility index (Phi) is 5.12. The average molecular weight is 308 g/mol. The van der Waals surface area contributed by atoms with E-state index in [4.69, 9.17) is 5.11 Å². The Hall–Kier alpha value is 0.188. The summed E-state index contributed by atoms with van der Waals surface area (Å²) in [5.74, 6) is 0.537. The molecule has 1 rings (SSSR count). The molecular weight excluding hydrogens is 297 g/mol. The van der Waals surface area contributed by atoms with Crippen LogP contribution >= 0.6 is 0 Å². The van der Waals surface area contributed by atoms with Gasteiger partial charge >= 0.3 is 0 Å². The summed E-state index contributed by atoms with van der Waals surface area (Å²) in [4.78, 5) is 0. The topological polar surface area (TPSA) is 32.3 Å². The van der Waals surface area contributed by atoms with Crippen LogP contribution in [0.2, 0.25) is 0 Å². The van der Waals surface area contributed by atoms with Gasteiger partial charge in [-0.1, -0.05) is 0 Å². The molecule has 9 heavy (non-hydrogen) atoms. The van der Waals surface area contributed by atoms with Crippen LogP contribution < -0.4 is 5.32 Å². The van der Waals surface area contributed by atoms with E-state index in [0.717, 1.165) is 25.9 Å². The van der Waals surface area contributed by atoms with E-state index in [9.17, 15) is 0 Å². The van der Waals surface area contributed by atoms with E-state index in [1.165, 1.54) is 0 Å². The van der Waals surface area contributed by atoms with Gasteiger partial charge in [-0.2, -0.15) is 0 Å². The molecule has 0 saturated heterocycles. The molecule has 0 unspecified atom stereocenters. The Bertz CT molecular complexity index is 103. The predicted octanol–water partition coefficient (Wildman–Crippen LogP) is 0.809. The van der Waals surface area contributed by atoms with Gasteiger partial charge in [0.2, 0.25) is 0 Å². The molecule has 2 N–H and O–H groups in total. The normalized spacial score (nSPS) is 19.3. The van der Waals surface area contributed by atoms with Crippen molar-refractivity contribution in [3.8, 4) is 0 Å². The zero-order valence-electron chi connectivity index (χ0n) is 5.17. The van der Waals surface area contributed by atoms with Gasteiger partial charge in [-0.3, -0.25) is 0 Å². The molecule has 0 saturated carbocycles. The van der Waals surface area contributed by atoms with E-state index < -0.39 is 0 Å². The second-order valence-corrected chi connectivity index (χ2v) is 1.98. The van der Waals surface area contributed by atoms with Crippen molar-refractivity contribution in [3.63, 3.8) is 0 Å². The first-order chi connectivity index (χ1) is 3.89. The number of aliphatic hydroxyl groups excluding tert-OH is 1. The molecule has 0 aliphatic carbocycles. The van der Waals surface area contributed by atoms with Crippen molar-refractivity contribution in [1.29, 1.82) is 0 Å². The minimum atomic E-state index is 0. The van der Waals surface area contributed by atoms with E-state index in [1.54, 1.807) is 0 Å². The predicted molar refractivity (Wildman–Crippen MR) is 32.8 cm³/mol. The maximum atomic E-state index is 8.91. The number of nitrogens with one attached hydrogen (secondary N) is 1. The fourth-order valence-corrected chi connectivity index (χ4v) is 0.784. The van der Waals surface area contributed by atoms with Gasteiger partial charge in [0.05, 0.1) is 5.76 Å². The molecule has 2 nitrogen and oxygen atoms in total. The Morgan fingerprint density at radius 1 is 1.44 bits per heavy atom. The van der Waals surface area contributed by atoms with Gasteiger partial charge in [0.1, 0.15) is 0 Å². The van der Waals surface area contributed by atoms with E-state index in [-0.39, 0.29) is 21.1 Å². The summed E-state index contributed by atoms with van der Waals surface area (Å²) in [6.07, 6.45) is 3.63. The van der Waals surface area contributed by atoms with Gasteiger partial charge in [0.25, 0.3) is 0 Å². The van der Waals surface area contributed by atoms with Crippen molar-refractivity contribution < 1.29 is 26.2 Å². The average Bonchev–Trinajstić information content (AvgIpc) is 1.94. The van der Waals surface area contributed by atoms with Crippen molar-refractivity contribution in [1.82, 2.24) is 5.32 Å². The summed E-state index contributed by atoms with van der Waals surface area (Å²) >= 11 is 0. The quantitative estimate of drug-likeness (QED) is 0.694. The third kappa shape index (κ3) is 3.71. The summed E-state index contributed by atoms with van der Waals surface area (Å²) in [5, 5.41) is 12.1. The number of aliphatic hydroxyl groups is 1. The van der Waals surface area contributed by atoms with Crippen molar-refractivity contribution in [3.05, 3.63) is 11.8 Å². The maximum Gasteiger partial charge on any atom is 0.0896 e. The zero-order valence-corrected chi connectivity index (χ0v) is 7.44. The summed E-state index contributed by atoms with van der Waals surface area (Å²) in [7, 11) is 0. The first-order valence-corrected chi connectivity index (χ1v) is 2.98. The molecule has 0 bridgehead atoms. The molecule has 0 radical (unpaired) electrons. The van der Waals surface area contributed by atoms with Gasteiger partial charge in [-0.05, 0) is 19.0 Å². The van der Waals surface area contributed by atoms with E-state index >= 15 is 0 Å². The largest absolute Gasteiger partial charge is 0.513 e. The first kappa shape index (κ1) is 9.19. The van der Waals surface area contributed by atoms with Gasteiger partial charge < -0.3 is 10.4 Å². The van der Waals surface area contributed by atoms with Crippen LogP contribution in [0, 0.1) is 0 Å². The van der Waals surface area contributed by atoms with E-state index in [2.05, 4.69) is 5.32 Å². The Balaban J connectivity index is 0.000000640. The molecule has 1 aliphatic heterocycles. The SMILES string of the molecule is OC1=CCCNCC1.[Pt]. The van der Waals surface area contributed by atoms with Crippen molar-refractivity contribution in [2.45, 2.75) is 12.8 Å². The van der Waals surface area contributed by atoms with Gasteiger partial charge in [-0.25, -0.2) is 0 Å². The maximum absolute atomic E-state index is 8.91. The van der Waals surface area contributed by atoms with Crippen molar-refractivity contribution >= 4 is 0 Å². The Labute approximate surface area is 69.6 Å². The third-order valence-corrected chi connectivity index (χ3v) is 1.26. The minimum absolute atomic E-state index is 0. The van der Waals surface area contributed by atoms with Crippen molar-refractivity contribution in [2.75, 3.05) is 13.1 Å². The van der Waals surface area contributed by atoms with Gasteiger partial charge in [-0.15, -0.1) is 0 Å². The molecule has 1 heterocycles. The summed E-state index contributed by atoms with van der Waals surface area (Å²) in [5.41, 5.74) is 0. The van der Waals surface area contributed by atoms with Crippen LogP contribution in [0.1, 0.15) is 12.8 Å². The smallest absolute Gasteiger partial charge is 0.0896 e. The van der Waals surface area contributed by atoms with Crippen LogP contribution in [-0.4, -0.2) is 18.2 Å². The standard InChI is InChI=1S/C6H11NO.Pt/c8-6-2-1-4-7-5-3-6;/h2,7-8H,1,3-5H2;. The minimum Gasteiger partial charge on any atom is -0.513 e. The monoisotopic (exact) mass is 308 g/mol. The number of rotatable bonds is 0. The molecule has 0 spiro atoms. The summed E-state index contributed by atoms with van der Waals surface area (Å²) in [6, 6.07) is 0. The van der Waals surface area contributed by atoms with E-state index in [0.29, 0.717) is 5.76 Å². The summed E-state index contributed by atoms with van der Waals surface area (Å²) < 4.78 is 0. The van der Waals surface area contributed by atoms with E-state index in [1.807, 2.05) is 6.08 Å². The van der Waals surface area contributed by atoms with Crippen LogP contribution in [0.25, 0.3) is 0 Å². The second kappa shape index (κ2) is 5.01. The molecule has 0 aromatic heterocycles. The molecule has 0 fully saturated rings. The molecule has 3 heteroatoms. The Morgan fingerprint density at radius 2 is 2.22 bits per heavy atom. The van der Waals surface area contributed by atoms with Gasteiger partial charge in [0.15, 0.2) is 0 Å². The zero-order chi connectivity index (χ0) is 5.82. The van der Waals surface area contributed by atoms with Crippen molar-refractivity contribution in [2.24, 2.45) is 0 Å². The van der Waals surface area contributed by atoms with Crippen LogP contribution in [0.3, 0.4) is 0 Å². The number of hydrogen-bond acceptors (Lipinski definition) is 2. The Morgan fingerprint density at radius 3 is 3.00 bits per heavy atom. The van der Waals surface area contributed by atoms with Crippen LogP contribution in [0.5, 0.6) is 0 Å². The van der Waals surface area contributed by atoms with Gasteiger partial charge in [0, 0.05) is 34.0 Å².